The van der Waals surface area contributed by atoms with Crippen LogP contribution in [-0.2, 0) is 6.61 Å². The molecule has 18 heavy (non-hydrogen) atoms. The van der Waals surface area contributed by atoms with Gasteiger partial charge < -0.3 is 5.11 Å². The highest BCUT2D eigenvalue weighted by atomic mass is 79.9. The molecule has 3 aromatic rings. The summed E-state index contributed by atoms with van der Waals surface area (Å²) in [5.41, 5.74) is 0.806. The summed E-state index contributed by atoms with van der Waals surface area (Å²) >= 11 is 6.36. The van der Waals surface area contributed by atoms with Crippen LogP contribution in [0.25, 0.3) is 4.96 Å². The molecule has 0 aliphatic carbocycles. The smallest absolute Gasteiger partial charge is 0.195 e. The van der Waals surface area contributed by atoms with Gasteiger partial charge in [0.05, 0.1) is 12.3 Å². The molecule has 1 N–H and O–H groups in total. The number of aromatic nitrogens is 3. The third-order valence-electron chi connectivity index (χ3n) is 2.38. The molecule has 0 bridgehead atoms. The van der Waals surface area contributed by atoms with Crippen molar-refractivity contribution in [1.82, 2.24) is 14.4 Å². The molecule has 3 aromatic heterocycles. The van der Waals surface area contributed by atoms with Gasteiger partial charge in [0.2, 0.25) is 0 Å². The molecule has 0 unspecified atom stereocenters. The number of pyridine rings is 1. The average Bonchev–Trinajstić information content (AvgIpc) is 2.92. The van der Waals surface area contributed by atoms with Crippen LogP contribution in [-0.4, -0.2) is 19.5 Å². The number of thiazole rings is 1. The third-order valence-corrected chi connectivity index (χ3v) is 4.57. The first-order valence-electron chi connectivity index (χ1n) is 5.12. The topological polar surface area (TPSA) is 50.4 Å². The van der Waals surface area contributed by atoms with E-state index in [0.29, 0.717) is 0 Å². The fraction of sp³-hybridized carbons (Fsp3) is 0.0909. The maximum absolute atomic E-state index is 9.45. The Hall–Kier alpha value is -0.890. The standard InChI is InChI=1S/C11H8BrN3OS2/c12-7-1-2-9(13-5-7)18-10-8(6-16)15-3-4-17-11(15)14-10/h1-5,16H,6H2. The number of imidazole rings is 1. The number of aliphatic hydroxyl groups excluding tert-OH is 1. The Balaban J connectivity index is 1.98. The van der Waals surface area contributed by atoms with Crippen molar-refractivity contribution in [3.05, 3.63) is 40.1 Å². The van der Waals surface area contributed by atoms with E-state index >= 15 is 0 Å². The van der Waals surface area contributed by atoms with Crippen LogP contribution in [0, 0.1) is 0 Å². The lowest BCUT2D eigenvalue weighted by atomic mass is 10.5. The number of halogens is 1. The summed E-state index contributed by atoms with van der Waals surface area (Å²) in [5.74, 6) is 0. The fourth-order valence-corrected chi connectivity index (χ4v) is 3.44. The Morgan fingerprint density at radius 1 is 1.44 bits per heavy atom. The summed E-state index contributed by atoms with van der Waals surface area (Å²) in [6.07, 6.45) is 3.66. The first kappa shape index (κ1) is 12.2. The van der Waals surface area contributed by atoms with Gasteiger partial charge in [-0.15, -0.1) is 11.3 Å². The summed E-state index contributed by atoms with van der Waals surface area (Å²) < 4.78 is 2.85. The number of fused-ring (bicyclic) bond motifs is 1. The predicted octanol–water partition coefficient (Wildman–Crippen LogP) is 3.20. The maximum atomic E-state index is 9.45. The van der Waals surface area contributed by atoms with Crippen LogP contribution < -0.4 is 0 Å². The van der Waals surface area contributed by atoms with E-state index in [0.717, 1.165) is 25.2 Å². The summed E-state index contributed by atoms with van der Waals surface area (Å²) in [6.45, 7) is -0.0310. The van der Waals surface area contributed by atoms with E-state index in [9.17, 15) is 5.11 Å². The molecule has 0 atom stereocenters. The number of aliphatic hydroxyl groups is 1. The molecule has 0 saturated heterocycles. The molecule has 0 spiro atoms. The van der Waals surface area contributed by atoms with Crippen LogP contribution in [0.1, 0.15) is 5.69 Å². The van der Waals surface area contributed by atoms with Gasteiger partial charge in [0.1, 0.15) is 10.1 Å². The minimum atomic E-state index is -0.0310. The molecule has 0 fully saturated rings. The minimum Gasteiger partial charge on any atom is -0.390 e. The molecular formula is C11H8BrN3OS2. The first-order chi connectivity index (χ1) is 8.78. The van der Waals surface area contributed by atoms with Gasteiger partial charge in [-0.25, -0.2) is 9.97 Å². The fourth-order valence-electron chi connectivity index (χ4n) is 1.56. The zero-order valence-corrected chi connectivity index (χ0v) is 12.3. The van der Waals surface area contributed by atoms with E-state index < -0.39 is 0 Å². The highest BCUT2D eigenvalue weighted by Crippen LogP contribution is 2.31. The first-order valence-corrected chi connectivity index (χ1v) is 7.61. The zero-order valence-electron chi connectivity index (χ0n) is 9.08. The minimum absolute atomic E-state index is 0.0310. The Morgan fingerprint density at radius 2 is 2.33 bits per heavy atom. The summed E-state index contributed by atoms with van der Waals surface area (Å²) in [5, 5.41) is 13.1. The van der Waals surface area contributed by atoms with Crippen LogP contribution in [0.3, 0.4) is 0 Å². The third kappa shape index (κ3) is 2.18. The lowest BCUT2D eigenvalue weighted by Crippen LogP contribution is -1.91. The van der Waals surface area contributed by atoms with Gasteiger partial charge in [0, 0.05) is 22.2 Å². The van der Waals surface area contributed by atoms with Crippen molar-refractivity contribution in [2.75, 3.05) is 0 Å². The van der Waals surface area contributed by atoms with Crippen molar-refractivity contribution in [1.29, 1.82) is 0 Å². The molecule has 3 rings (SSSR count). The molecule has 3 heterocycles. The molecule has 0 aliphatic rings. The van der Waals surface area contributed by atoms with Crippen LogP contribution in [0.5, 0.6) is 0 Å². The molecule has 0 radical (unpaired) electrons. The van der Waals surface area contributed by atoms with Crippen LogP contribution in [0.2, 0.25) is 0 Å². The Bertz CT molecular complexity index is 677. The molecule has 0 aliphatic heterocycles. The lowest BCUT2D eigenvalue weighted by molar-refractivity contribution is 0.272. The number of hydrogen-bond acceptors (Lipinski definition) is 5. The molecule has 0 saturated carbocycles. The second kappa shape index (κ2) is 5.00. The monoisotopic (exact) mass is 341 g/mol. The zero-order chi connectivity index (χ0) is 12.5. The SMILES string of the molecule is OCc1c(Sc2ccc(Br)cn2)nc2sccn12. The highest BCUT2D eigenvalue weighted by molar-refractivity contribution is 9.10. The molecule has 0 amide bonds. The van der Waals surface area contributed by atoms with Gasteiger partial charge >= 0.3 is 0 Å². The maximum Gasteiger partial charge on any atom is 0.195 e. The van der Waals surface area contributed by atoms with Crippen molar-refractivity contribution >= 4 is 44.0 Å². The Morgan fingerprint density at radius 3 is 3.06 bits per heavy atom. The Labute approximate surface area is 120 Å². The summed E-state index contributed by atoms with van der Waals surface area (Å²) in [7, 11) is 0. The predicted molar refractivity (Wildman–Crippen MR) is 75.1 cm³/mol. The van der Waals surface area contributed by atoms with Crippen molar-refractivity contribution < 1.29 is 5.11 Å². The van der Waals surface area contributed by atoms with Crippen molar-refractivity contribution in [3.63, 3.8) is 0 Å². The number of rotatable bonds is 3. The van der Waals surface area contributed by atoms with Gasteiger partial charge in [-0.3, -0.25) is 4.40 Å². The average molecular weight is 342 g/mol. The molecular weight excluding hydrogens is 334 g/mol. The van der Waals surface area contributed by atoms with Gasteiger partial charge in [-0.1, -0.05) is 0 Å². The van der Waals surface area contributed by atoms with Crippen molar-refractivity contribution in [3.8, 4) is 0 Å². The summed E-state index contributed by atoms with van der Waals surface area (Å²) in [4.78, 5) is 9.67. The van der Waals surface area contributed by atoms with Crippen LogP contribution >= 0.6 is 39.0 Å². The summed E-state index contributed by atoms with van der Waals surface area (Å²) in [6, 6.07) is 3.86. The molecule has 0 aromatic carbocycles. The van der Waals surface area contributed by atoms with Gasteiger partial charge in [0.25, 0.3) is 0 Å². The number of hydrogen-bond donors (Lipinski definition) is 1. The van der Waals surface area contributed by atoms with Crippen molar-refractivity contribution in [2.24, 2.45) is 0 Å². The largest absolute Gasteiger partial charge is 0.390 e. The van der Waals surface area contributed by atoms with Crippen LogP contribution in [0.15, 0.2) is 44.4 Å². The van der Waals surface area contributed by atoms with E-state index in [1.807, 2.05) is 28.1 Å². The molecule has 7 heteroatoms. The Kier molecular flexibility index (Phi) is 3.38. The van der Waals surface area contributed by atoms with Gasteiger partial charge in [0.15, 0.2) is 4.96 Å². The normalized spacial score (nSPS) is 11.2. The second-order valence-electron chi connectivity index (χ2n) is 3.49. The number of nitrogens with zero attached hydrogens (tertiary/aromatic N) is 3. The van der Waals surface area contributed by atoms with E-state index in [1.54, 1.807) is 17.5 Å². The quantitative estimate of drug-likeness (QED) is 0.794. The second-order valence-corrected chi connectivity index (χ2v) is 6.29. The van der Waals surface area contributed by atoms with Gasteiger partial charge in [-0.05, 0) is 39.8 Å². The van der Waals surface area contributed by atoms with E-state index in [2.05, 4.69) is 25.9 Å². The lowest BCUT2D eigenvalue weighted by Gasteiger charge is -2.00. The van der Waals surface area contributed by atoms with E-state index in [-0.39, 0.29) is 6.61 Å². The highest BCUT2D eigenvalue weighted by Gasteiger charge is 2.13. The molecule has 4 nitrogen and oxygen atoms in total. The van der Waals surface area contributed by atoms with Gasteiger partial charge in [-0.2, -0.15) is 0 Å². The van der Waals surface area contributed by atoms with Crippen LogP contribution in [0.4, 0.5) is 0 Å². The molecule has 92 valence electrons. The van der Waals surface area contributed by atoms with E-state index in [1.165, 1.54) is 11.8 Å². The van der Waals surface area contributed by atoms with E-state index in [4.69, 9.17) is 0 Å². The van der Waals surface area contributed by atoms with Crippen molar-refractivity contribution in [2.45, 2.75) is 16.7 Å².